The van der Waals surface area contributed by atoms with E-state index in [0.717, 1.165) is 58.4 Å². The lowest BCUT2D eigenvalue weighted by molar-refractivity contribution is 0.155. The van der Waals surface area contributed by atoms with Crippen LogP contribution in [0.3, 0.4) is 0 Å². The van der Waals surface area contributed by atoms with Gasteiger partial charge in [-0.3, -0.25) is 9.69 Å². The molecule has 37 heavy (non-hydrogen) atoms. The Morgan fingerprint density at radius 3 is 2.62 bits per heavy atom. The molecule has 1 N–H and O–H groups in total. The number of H-pyrrole nitrogens is 1. The summed E-state index contributed by atoms with van der Waals surface area (Å²) in [6.45, 7) is 5.33. The molecule has 8 heteroatoms. The molecular formula is C29H36N6O2. The fraction of sp³-hybridized carbons (Fsp3) is 0.448. The van der Waals surface area contributed by atoms with Crippen molar-refractivity contribution in [2.75, 3.05) is 7.11 Å². The van der Waals surface area contributed by atoms with Gasteiger partial charge in [-0.2, -0.15) is 0 Å². The van der Waals surface area contributed by atoms with E-state index in [0.29, 0.717) is 19.1 Å². The molecular weight excluding hydrogens is 464 g/mol. The number of rotatable bonds is 9. The molecule has 0 amide bonds. The molecule has 0 saturated heterocycles. The Hall–Kier alpha value is -3.52. The molecule has 8 nitrogen and oxygen atoms in total. The summed E-state index contributed by atoms with van der Waals surface area (Å²) in [7, 11) is 1.67. The second-order valence-electron chi connectivity index (χ2n) is 10.1. The molecule has 0 spiro atoms. The Balaban J connectivity index is 1.52. The fourth-order valence-corrected chi connectivity index (χ4v) is 5.62. The Labute approximate surface area is 217 Å². The normalized spacial score (nSPS) is 15.4. The average Bonchev–Trinajstić information content (AvgIpc) is 3.40. The van der Waals surface area contributed by atoms with E-state index in [2.05, 4.69) is 55.2 Å². The van der Waals surface area contributed by atoms with Crippen LogP contribution in [-0.4, -0.2) is 37.2 Å². The van der Waals surface area contributed by atoms with Crippen molar-refractivity contribution in [3.8, 4) is 5.75 Å². The first-order valence-electron chi connectivity index (χ1n) is 13.3. The van der Waals surface area contributed by atoms with E-state index in [-0.39, 0.29) is 11.6 Å². The number of ether oxygens (including phenoxy) is 1. The van der Waals surface area contributed by atoms with Gasteiger partial charge in [-0.25, -0.2) is 4.68 Å². The van der Waals surface area contributed by atoms with Crippen LogP contribution < -0.4 is 10.3 Å². The van der Waals surface area contributed by atoms with Gasteiger partial charge in [0.05, 0.1) is 24.7 Å². The molecule has 0 radical (unpaired) electrons. The van der Waals surface area contributed by atoms with Crippen molar-refractivity contribution in [2.24, 2.45) is 0 Å². The van der Waals surface area contributed by atoms with E-state index in [1.165, 1.54) is 19.3 Å². The number of aromatic nitrogens is 5. The van der Waals surface area contributed by atoms with Crippen LogP contribution in [0.15, 0.2) is 53.3 Å². The Kier molecular flexibility index (Phi) is 7.65. The van der Waals surface area contributed by atoms with E-state index in [9.17, 15) is 4.79 Å². The summed E-state index contributed by atoms with van der Waals surface area (Å²) in [5.41, 5.74) is 3.79. The van der Waals surface area contributed by atoms with Crippen LogP contribution in [0.25, 0.3) is 10.9 Å². The van der Waals surface area contributed by atoms with Gasteiger partial charge in [0.15, 0.2) is 5.82 Å². The lowest BCUT2D eigenvalue weighted by Crippen LogP contribution is -2.33. The van der Waals surface area contributed by atoms with Crippen LogP contribution in [0.1, 0.15) is 80.0 Å². The third-order valence-electron chi connectivity index (χ3n) is 7.65. The minimum atomic E-state index is -0.0525. The van der Waals surface area contributed by atoms with Gasteiger partial charge in [0.25, 0.3) is 5.56 Å². The number of nitrogens with zero attached hydrogens (tertiary/aromatic N) is 5. The van der Waals surface area contributed by atoms with Crippen molar-refractivity contribution in [3.63, 3.8) is 0 Å². The second-order valence-corrected chi connectivity index (χ2v) is 10.1. The molecule has 1 aliphatic carbocycles. The quantitative estimate of drug-likeness (QED) is 0.327. The maximum atomic E-state index is 13.2. The average molecular weight is 501 g/mol. The monoisotopic (exact) mass is 500 g/mol. The number of fused-ring (bicyclic) bond motifs is 1. The van der Waals surface area contributed by atoms with Crippen molar-refractivity contribution >= 4 is 10.9 Å². The highest BCUT2D eigenvalue weighted by Crippen LogP contribution is 2.33. The van der Waals surface area contributed by atoms with Gasteiger partial charge in [0, 0.05) is 18.7 Å². The van der Waals surface area contributed by atoms with Crippen molar-refractivity contribution in [1.82, 2.24) is 30.1 Å². The zero-order chi connectivity index (χ0) is 25.8. The van der Waals surface area contributed by atoms with Crippen molar-refractivity contribution in [1.29, 1.82) is 0 Å². The van der Waals surface area contributed by atoms with Crippen LogP contribution >= 0.6 is 0 Å². The minimum absolute atomic E-state index is 0.0355. The van der Waals surface area contributed by atoms with Crippen molar-refractivity contribution in [2.45, 2.75) is 77.5 Å². The first-order valence-corrected chi connectivity index (χ1v) is 13.3. The van der Waals surface area contributed by atoms with Gasteiger partial charge in [-0.1, -0.05) is 56.5 Å². The van der Waals surface area contributed by atoms with Gasteiger partial charge in [0.2, 0.25) is 0 Å². The number of methoxy groups -OCH3 is 1. The molecule has 2 heterocycles. The summed E-state index contributed by atoms with van der Waals surface area (Å²) in [5, 5.41) is 14.1. The Morgan fingerprint density at radius 2 is 1.89 bits per heavy atom. The SMILES string of the molecule is CCC(c1nnnn1C1CCCCC1)N(Cc1ccc(OC)cc1)Cc1cc2cccc(C)c2[nH]c1=O. The van der Waals surface area contributed by atoms with Gasteiger partial charge >= 0.3 is 0 Å². The van der Waals surface area contributed by atoms with E-state index in [1.54, 1.807) is 7.11 Å². The lowest BCUT2D eigenvalue weighted by Gasteiger charge is -2.32. The number of tetrazole rings is 1. The second kappa shape index (κ2) is 11.3. The highest BCUT2D eigenvalue weighted by atomic mass is 16.5. The first kappa shape index (κ1) is 25.1. The molecule has 1 fully saturated rings. The Morgan fingerprint density at radius 1 is 1.11 bits per heavy atom. The van der Waals surface area contributed by atoms with E-state index < -0.39 is 0 Å². The highest BCUT2D eigenvalue weighted by molar-refractivity contribution is 5.81. The topological polar surface area (TPSA) is 88.9 Å². The van der Waals surface area contributed by atoms with Crippen molar-refractivity contribution < 1.29 is 4.74 Å². The molecule has 2 aromatic carbocycles. The third-order valence-corrected chi connectivity index (χ3v) is 7.65. The number of pyridine rings is 1. The fourth-order valence-electron chi connectivity index (χ4n) is 5.62. The summed E-state index contributed by atoms with van der Waals surface area (Å²) in [4.78, 5) is 18.7. The van der Waals surface area contributed by atoms with Gasteiger partial charge in [0.1, 0.15) is 5.75 Å². The molecule has 2 aromatic heterocycles. The third kappa shape index (κ3) is 5.44. The zero-order valence-corrected chi connectivity index (χ0v) is 22.0. The van der Waals surface area contributed by atoms with Crippen LogP contribution in [0.5, 0.6) is 5.75 Å². The number of benzene rings is 2. The van der Waals surface area contributed by atoms with Crippen LogP contribution in [0, 0.1) is 6.92 Å². The molecule has 1 aliphatic rings. The molecule has 1 saturated carbocycles. The molecule has 5 rings (SSSR count). The Bertz CT molecular complexity index is 1390. The lowest BCUT2D eigenvalue weighted by atomic mass is 9.95. The number of hydrogen-bond donors (Lipinski definition) is 1. The molecule has 194 valence electrons. The molecule has 1 unspecified atom stereocenters. The van der Waals surface area contributed by atoms with Crippen LogP contribution in [0.2, 0.25) is 0 Å². The number of nitrogens with one attached hydrogen (secondary N) is 1. The molecule has 0 bridgehead atoms. The zero-order valence-electron chi connectivity index (χ0n) is 22.0. The molecule has 0 aliphatic heterocycles. The maximum absolute atomic E-state index is 13.2. The number of para-hydroxylation sites is 1. The van der Waals surface area contributed by atoms with Crippen LogP contribution in [-0.2, 0) is 13.1 Å². The summed E-state index contributed by atoms with van der Waals surface area (Å²) in [6.07, 6.45) is 6.74. The van der Waals surface area contributed by atoms with Gasteiger partial charge in [-0.05, 0) is 71.3 Å². The minimum Gasteiger partial charge on any atom is -0.497 e. The maximum Gasteiger partial charge on any atom is 0.252 e. The summed E-state index contributed by atoms with van der Waals surface area (Å²) in [5.74, 6) is 1.71. The van der Waals surface area contributed by atoms with E-state index in [4.69, 9.17) is 4.74 Å². The largest absolute Gasteiger partial charge is 0.497 e. The first-order chi connectivity index (χ1) is 18.1. The molecule has 1 atom stereocenters. The number of hydrogen-bond acceptors (Lipinski definition) is 6. The molecule has 4 aromatic rings. The van der Waals surface area contributed by atoms with Crippen LogP contribution in [0.4, 0.5) is 0 Å². The van der Waals surface area contributed by atoms with Gasteiger partial charge in [-0.15, -0.1) is 5.10 Å². The highest BCUT2D eigenvalue weighted by Gasteiger charge is 2.29. The van der Waals surface area contributed by atoms with Crippen molar-refractivity contribution in [3.05, 3.63) is 81.4 Å². The predicted octanol–water partition coefficient (Wildman–Crippen LogP) is 5.49. The van der Waals surface area contributed by atoms with Gasteiger partial charge < -0.3 is 9.72 Å². The summed E-state index contributed by atoms with van der Waals surface area (Å²) < 4.78 is 7.42. The smallest absolute Gasteiger partial charge is 0.252 e. The standard InChI is InChI=1S/C29H36N6O2/c1-4-26(28-31-32-33-35(28)24-11-6-5-7-12-24)34(18-21-13-15-25(37-3)16-14-21)19-23-17-22-10-8-9-20(2)27(22)30-29(23)36/h8-10,13-17,24,26H,4-7,11-12,18-19H2,1-3H3,(H,30,36). The van der Waals surface area contributed by atoms with E-state index in [1.807, 2.05) is 37.3 Å². The number of aryl methyl sites for hydroxylation is 1. The number of aromatic amines is 1. The predicted molar refractivity (Wildman–Crippen MR) is 145 cm³/mol. The van der Waals surface area contributed by atoms with E-state index >= 15 is 0 Å². The summed E-state index contributed by atoms with van der Waals surface area (Å²) >= 11 is 0. The summed E-state index contributed by atoms with van der Waals surface area (Å²) in [6, 6.07) is 16.5.